The Balaban J connectivity index is 1.19. The summed E-state index contributed by atoms with van der Waals surface area (Å²) in [5, 5.41) is 4.80. The third kappa shape index (κ3) is 6.69. The molecule has 0 bridgehead atoms. The Bertz CT molecular complexity index is 1570. The van der Waals surface area contributed by atoms with Gasteiger partial charge in [-0.05, 0) is 68.2 Å². The molecule has 3 amide bonds. The van der Waals surface area contributed by atoms with Gasteiger partial charge in [0.1, 0.15) is 12.1 Å². The number of benzene rings is 1. The predicted molar refractivity (Wildman–Crippen MR) is 155 cm³/mol. The number of amides is 3. The first-order valence-electron chi connectivity index (χ1n) is 12.9. The first-order chi connectivity index (χ1) is 19.2. The van der Waals surface area contributed by atoms with Gasteiger partial charge in [-0.1, -0.05) is 17.7 Å². The third-order valence-corrected chi connectivity index (χ3v) is 9.22. The lowest BCUT2D eigenvalue weighted by Crippen LogP contribution is -2.55. The molecule has 5 rings (SSSR count). The van der Waals surface area contributed by atoms with Crippen LogP contribution in [0, 0.1) is 0 Å². The number of nitrogens with one attached hydrogen (secondary N) is 2. The van der Waals surface area contributed by atoms with Crippen molar-refractivity contribution in [2.24, 2.45) is 0 Å². The van der Waals surface area contributed by atoms with E-state index in [9.17, 15) is 22.8 Å². The SMILES string of the molecule is O=C(Nc1ccc2ncccc2c1)[C@H]1CCCN1C(=O)CN1CCC[C@H](NS(=O)(=O)C=Cc2ccc(Cl)s2)C1=O. The normalized spacial score (nSPS) is 20.0. The van der Waals surface area contributed by atoms with Crippen LogP contribution in [0.3, 0.4) is 0 Å². The van der Waals surface area contributed by atoms with E-state index in [0.717, 1.165) is 16.3 Å². The van der Waals surface area contributed by atoms with Crippen molar-refractivity contribution < 1.29 is 22.8 Å². The molecule has 2 aromatic heterocycles. The number of piperidine rings is 1. The molecule has 2 aliphatic rings. The molecule has 0 radical (unpaired) electrons. The molecule has 2 atom stereocenters. The minimum atomic E-state index is -3.90. The highest BCUT2D eigenvalue weighted by atomic mass is 35.5. The number of fused-ring (bicyclic) bond motifs is 1. The van der Waals surface area contributed by atoms with Crippen LogP contribution in [0.5, 0.6) is 0 Å². The van der Waals surface area contributed by atoms with Gasteiger partial charge in [-0.25, -0.2) is 8.42 Å². The highest BCUT2D eigenvalue weighted by Gasteiger charge is 2.37. The monoisotopic (exact) mass is 601 g/mol. The van der Waals surface area contributed by atoms with Crippen molar-refractivity contribution in [3.05, 3.63) is 63.3 Å². The Morgan fingerprint density at radius 3 is 2.75 bits per heavy atom. The number of carbonyl (C=O) groups excluding carboxylic acids is 3. The van der Waals surface area contributed by atoms with Crippen molar-refractivity contribution in [3.63, 3.8) is 0 Å². The lowest BCUT2D eigenvalue weighted by molar-refractivity contribution is -0.144. The molecule has 210 valence electrons. The Labute approximate surface area is 241 Å². The molecule has 10 nitrogen and oxygen atoms in total. The van der Waals surface area contributed by atoms with Gasteiger partial charge in [-0.3, -0.25) is 19.4 Å². The molecule has 2 aliphatic heterocycles. The average molecular weight is 602 g/mol. The number of thiophene rings is 1. The zero-order chi connectivity index (χ0) is 28.3. The fraction of sp³-hybridized carbons (Fsp3) is 0.333. The van der Waals surface area contributed by atoms with E-state index in [2.05, 4.69) is 15.0 Å². The van der Waals surface area contributed by atoms with Crippen LogP contribution in [0.2, 0.25) is 4.34 Å². The number of aromatic nitrogens is 1. The molecule has 0 aliphatic carbocycles. The Morgan fingerprint density at radius 1 is 1.12 bits per heavy atom. The zero-order valence-electron chi connectivity index (χ0n) is 21.5. The average Bonchev–Trinajstić information content (AvgIpc) is 3.59. The standard InChI is InChI=1S/C27H28ClN5O5S2/c28-24-10-8-20(39-24)11-15-40(37,38)31-22-5-2-13-32(27(22)36)17-25(34)33-14-3-6-23(33)26(35)30-19-7-9-21-18(16-19)4-1-12-29-21/h1,4,7-12,15-16,22-23,31H,2-3,5-6,13-14,17H2,(H,30,35)/t22-,23+/m0/s1. The Hall–Kier alpha value is -3.32. The lowest BCUT2D eigenvalue weighted by atomic mass is 10.1. The van der Waals surface area contributed by atoms with Gasteiger partial charge in [0, 0.05) is 40.6 Å². The molecule has 2 fully saturated rings. The number of carbonyl (C=O) groups is 3. The van der Waals surface area contributed by atoms with Crippen LogP contribution in [0.4, 0.5) is 5.69 Å². The Morgan fingerprint density at radius 2 is 1.95 bits per heavy atom. The number of rotatable bonds is 8. The van der Waals surface area contributed by atoms with Crippen LogP contribution in [0.25, 0.3) is 17.0 Å². The molecular weight excluding hydrogens is 574 g/mol. The molecule has 0 saturated carbocycles. The van der Waals surface area contributed by atoms with E-state index in [1.165, 1.54) is 27.2 Å². The van der Waals surface area contributed by atoms with Gasteiger partial charge >= 0.3 is 0 Å². The van der Waals surface area contributed by atoms with E-state index >= 15 is 0 Å². The van der Waals surface area contributed by atoms with E-state index < -0.39 is 28.0 Å². The quantitative estimate of drug-likeness (QED) is 0.407. The van der Waals surface area contributed by atoms with Crippen LogP contribution in [-0.4, -0.2) is 72.6 Å². The molecule has 0 unspecified atom stereocenters. The summed E-state index contributed by atoms with van der Waals surface area (Å²) >= 11 is 7.12. The van der Waals surface area contributed by atoms with Gasteiger partial charge in [0.15, 0.2) is 0 Å². The van der Waals surface area contributed by atoms with E-state index in [-0.39, 0.29) is 18.4 Å². The number of pyridine rings is 1. The fourth-order valence-electron chi connectivity index (χ4n) is 4.99. The highest BCUT2D eigenvalue weighted by Crippen LogP contribution is 2.24. The Kier molecular flexibility index (Phi) is 8.50. The van der Waals surface area contributed by atoms with Crippen LogP contribution >= 0.6 is 22.9 Å². The van der Waals surface area contributed by atoms with E-state index in [0.29, 0.717) is 53.7 Å². The number of sulfonamides is 1. The molecule has 13 heteroatoms. The molecule has 1 aromatic carbocycles. The summed E-state index contributed by atoms with van der Waals surface area (Å²) < 4.78 is 28.1. The van der Waals surface area contributed by atoms with E-state index in [4.69, 9.17) is 11.6 Å². The zero-order valence-corrected chi connectivity index (χ0v) is 23.8. The lowest BCUT2D eigenvalue weighted by Gasteiger charge is -2.33. The molecular formula is C27H28ClN5O5S2. The molecule has 3 aromatic rings. The van der Waals surface area contributed by atoms with Crippen LogP contribution in [0.15, 0.2) is 54.1 Å². The van der Waals surface area contributed by atoms with Crippen LogP contribution in [-0.2, 0) is 24.4 Å². The van der Waals surface area contributed by atoms with Crippen LogP contribution < -0.4 is 10.0 Å². The maximum atomic E-state index is 13.2. The first kappa shape index (κ1) is 28.2. The number of anilines is 1. The van der Waals surface area contributed by atoms with Crippen molar-refractivity contribution in [3.8, 4) is 0 Å². The summed E-state index contributed by atoms with van der Waals surface area (Å²) in [4.78, 5) is 47.3. The summed E-state index contributed by atoms with van der Waals surface area (Å²) in [7, 11) is -3.90. The van der Waals surface area contributed by atoms with Gasteiger partial charge in [-0.2, -0.15) is 4.72 Å². The molecule has 2 saturated heterocycles. The van der Waals surface area contributed by atoms with Crippen molar-refractivity contribution >= 4 is 73.3 Å². The third-order valence-electron chi connectivity index (χ3n) is 6.92. The number of nitrogens with zero attached hydrogens (tertiary/aromatic N) is 3. The highest BCUT2D eigenvalue weighted by molar-refractivity contribution is 7.92. The van der Waals surface area contributed by atoms with E-state index in [1.807, 2.05) is 24.3 Å². The topological polar surface area (TPSA) is 129 Å². The predicted octanol–water partition coefficient (Wildman–Crippen LogP) is 3.46. The first-order valence-corrected chi connectivity index (χ1v) is 15.6. The molecule has 4 heterocycles. The summed E-state index contributed by atoms with van der Waals surface area (Å²) in [6.07, 6.45) is 5.18. The summed E-state index contributed by atoms with van der Waals surface area (Å²) in [5.41, 5.74) is 1.43. The second kappa shape index (κ2) is 12.0. The summed E-state index contributed by atoms with van der Waals surface area (Å²) in [6, 6.07) is 10.9. The molecule has 40 heavy (non-hydrogen) atoms. The molecule has 0 spiro atoms. The largest absolute Gasteiger partial charge is 0.332 e. The molecule has 2 N–H and O–H groups in total. The number of likely N-dealkylation sites (tertiary alicyclic amines) is 2. The van der Waals surface area contributed by atoms with Gasteiger partial charge < -0.3 is 15.1 Å². The van der Waals surface area contributed by atoms with Crippen molar-refractivity contribution in [2.75, 3.05) is 25.0 Å². The maximum Gasteiger partial charge on any atom is 0.247 e. The number of halogens is 1. The second-order valence-corrected chi connectivity index (χ2v) is 13.1. The maximum absolute atomic E-state index is 13.2. The van der Waals surface area contributed by atoms with Gasteiger partial charge in [0.25, 0.3) is 0 Å². The number of hydrogen-bond acceptors (Lipinski definition) is 7. The van der Waals surface area contributed by atoms with Crippen molar-refractivity contribution in [1.29, 1.82) is 0 Å². The van der Waals surface area contributed by atoms with Gasteiger partial charge in [-0.15, -0.1) is 11.3 Å². The van der Waals surface area contributed by atoms with Gasteiger partial charge in [0.2, 0.25) is 27.7 Å². The van der Waals surface area contributed by atoms with Crippen LogP contribution in [0.1, 0.15) is 30.6 Å². The minimum Gasteiger partial charge on any atom is -0.332 e. The van der Waals surface area contributed by atoms with E-state index in [1.54, 1.807) is 24.4 Å². The van der Waals surface area contributed by atoms with Crippen molar-refractivity contribution in [1.82, 2.24) is 19.5 Å². The minimum absolute atomic E-state index is 0.216. The van der Waals surface area contributed by atoms with Gasteiger partial charge in [0.05, 0.1) is 16.4 Å². The second-order valence-electron chi connectivity index (χ2n) is 9.71. The number of hydrogen-bond donors (Lipinski definition) is 2. The smallest absolute Gasteiger partial charge is 0.247 e. The summed E-state index contributed by atoms with van der Waals surface area (Å²) in [6.45, 7) is 0.530. The fourth-order valence-corrected chi connectivity index (χ4v) is 7.06. The van der Waals surface area contributed by atoms with Crippen molar-refractivity contribution in [2.45, 2.75) is 37.8 Å². The summed E-state index contributed by atoms with van der Waals surface area (Å²) in [5.74, 6) is -1.09.